The van der Waals surface area contributed by atoms with E-state index in [0.717, 1.165) is 26.2 Å². The summed E-state index contributed by atoms with van der Waals surface area (Å²) in [6.45, 7) is 2.56. The Morgan fingerprint density at radius 2 is 2.46 bits per heavy atom. The van der Waals surface area contributed by atoms with Crippen molar-refractivity contribution in [2.75, 3.05) is 19.8 Å². The third-order valence-corrected chi connectivity index (χ3v) is 3.58. The van der Waals surface area contributed by atoms with E-state index in [1.807, 2.05) is 0 Å². The molecule has 0 aromatic carbocycles. The van der Waals surface area contributed by atoms with E-state index in [0.29, 0.717) is 5.92 Å². The van der Waals surface area contributed by atoms with Crippen LogP contribution in [-0.2, 0) is 4.74 Å². The van der Waals surface area contributed by atoms with Crippen molar-refractivity contribution in [3.8, 4) is 0 Å². The van der Waals surface area contributed by atoms with E-state index in [4.69, 9.17) is 10.5 Å². The number of hydrogen-bond donors (Lipinski definition) is 1. The minimum absolute atomic E-state index is 0.275. The Labute approximate surface area is 80.1 Å². The molecule has 0 aromatic heterocycles. The van der Waals surface area contributed by atoms with Crippen molar-refractivity contribution in [3.05, 3.63) is 12.2 Å². The molecule has 1 aliphatic carbocycles. The van der Waals surface area contributed by atoms with Crippen molar-refractivity contribution in [1.82, 2.24) is 0 Å². The minimum atomic E-state index is 0.275. The van der Waals surface area contributed by atoms with Crippen molar-refractivity contribution in [3.63, 3.8) is 0 Å². The first-order valence-electron chi connectivity index (χ1n) is 5.32. The SMILES string of the molecule is NCC1(C2C=CCCC2)CCOC1. The average Bonchev–Trinajstić information content (AvgIpc) is 2.69. The van der Waals surface area contributed by atoms with Crippen LogP contribution in [0.1, 0.15) is 25.7 Å². The van der Waals surface area contributed by atoms with Gasteiger partial charge in [-0.25, -0.2) is 0 Å². The first kappa shape index (κ1) is 9.22. The topological polar surface area (TPSA) is 35.2 Å². The molecule has 2 nitrogen and oxygen atoms in total. The van der Waals surface area contributed by atoms with Crippen LogP contribution >= 0.6 is 0 Å². The Bertz CT molecular complexity index is 194. The second-order valence-electron chi connectivity index (χ2n) is 4.33. The van der Waals surface area contributed by atoms with Crippen molar-refractivity contribution < 1.29 is 4.74 Å². The molecule has 0 bridgehead atoms. The Morgan fingerprint density at radius 1 is 1.54 bits per heavy atom. The molecule has 1 aliphatic heterocycles. The number of ether oxygens (including phenoxy) is 1. The Morgan fingerprint density at radius 3 is 3.00 bits per heavy atom. The molecule has 13 heavy (non-hydrogen) atoms. The normalized spacial score (nSPS) is 39.6. The quantitative estimate of drug-likeness (QED) is 0.658. The largest absolute Gasteiger partial charge is 0.381 e. The van der Waals surface area contributed by atoms with Crippen molar-refractivity contribution >= 4 is 0 Å². The van der Waals surface area contributed by atoms with Crippen LogP contribution in [0.15, 0.2) is 12.2 Å². The molecule has 2 rings (SSSR count). The molecule has 0 spiro atoms. The number of nitrogens with two attached hydrogens (primary N) is 1. The van der Waals surface area contributed by atoms with Gasteiger partial charge in [-0.05, 0) is 31.6 Å². The van der Waals surface area contributed by atoms with Gasteiger partial charge in [0.25, 0.3) is 0 Å². The van der Waals surface area contributed by atoms with Crippen LogP contribution in [0.5, 0.6) is 0 Å². The van der Waals surface area contributed by atoms with Gasteiger partial charge in [-0.3, -0.25) is 0 Å². The van der Waals surface area contributed by atoms with Crippen LogP contribution in [0.2, 0.25) is 0 Å². The van der Waals surface area contributed by atoms with Gasteiger partial charge in [-0.15, -0.1) is 0 Å². The van der Waals surface area contributed by atoms with Gasteiger partial charge in [0.05, 0.1) is 6.61 Å². The summed E-state index contributed by atoms with van der Waals surface area (Å²) in [6, 6.07) is 0. The molecule has 1 fully saturated rings. The maximum atomic E-state index is 5.89. The highest BCUT2D eigenvalue weighted by atomic mass is 16.5. The molecule has 1 saturated heterocycles. The molecule has 2 unspecified atom stereocenters. The van der Waals surface area contributed by atoms with Crippen LogP contribution in [0.25, 0.3) is 0 Å². The summed E-state index contributed by atoms with van der Waals surface area (Å²) >= 11 is 0. The van der Waals surface area contributed by atoms with Crippen molar-refractivity contribution in [1.29, 1.82) is 0 Å². The fraction of sp³-hybridized carbons (Fsp3) is 0.818. The maximum Gasteiger partial charge on any atom is 0.0541 e. The fourth-order valence-corrected chi connectivity index (χ4v) is 2.55. The van der Waals surface area contributed by atoms with Gasteiger partial charge < -0.3 is 10.5 Å². The lowest BCUT2D eigenvalue weighted by Gasteiger charge is -2.34. The molecule has 2 aliphatic rings. The summed E-state index contributed by atoms with van der Waals surface area (Å²) in [5.74, 6) is 0.675. The van der Waals surface area contributed by atoms with E-state index in [1.165, 1.54) is 19.3 Å². The van der Waals surface area contributed by atoms with E-state index < -0.39 is 0 Å². The van der Waals surface area contributed by atoms with Crippen molar-refractivity contribution in [2.24, 2.45) is 17.1 Å². The zero-order valence-corrected chi connectivity index (χ0v) is 8.17. The van der Waals surface area contributed by atoms with Gasteiger partial charge in [-0.1, -0.05) is 12.2 Å². The first-order valence-corrected chi connectivity index (χ1v) is 5.32. The van der Waals surface area contributed by atoms with Crippen LogP contribution in [0.4, 0.5) is 0 Å². The highest BCUT2D eigenvalue weighted by molar-refractivity contribution is 5.03. The van der Waals surface area contributed by atoms with Gasteiger partial charge >= 0.3 is 0 Å². The zero-order chi connectivity index (χ0) is 9.15. The lowest BCUT2D eigenvalue weighted by Crippen LogP contribution is -2.38. The summed E-state index contributed by atoms with van der Waals surface area (Å²) in [5, 5.41) is 0. The van der Waals surface area contributed by atoms with E-state index in [1.54, 1.807) is 0 Å². The monoisotopic (exact) mass is 181 g/mol. The van der Waals surface area contributed by atoms with Crippen LogP contribution in [-0.4, -0.2) is 19.8 Å². The summed E-state index contributed by atoms with van der Waals surface area (Å²) < 4.78 is 5.49. The standard InChI is InChI=1S/C11H19NO/c12-8-11(6-7-13-9-11)10-4-2-1-3-5-10/h2,4,10H,1,3,5-9,12H2. The molecule has 0 radical (unpaired) electrons. The molecule has 0 saturated carbocycles. The second kappa shape index (κ2) is 3.81. The first-order chi connectivity index (χ1) is 6.37. The third kappa shape index (κ3) is 1.65. The van der Waals surface area contributed by atoms with Crippen LogP contribution < -0.4 is 5.73 Å². The highest BCUT2D eigenvalue weighted by Gasteiger charge is 2.39. The van der Waals surface area contributed by atoms with E-state index in [-0.39, 0.29) is 5.41 Å². The average molecular weight is 181 g/mol. The highest BCUT2D eigenvalue weighted by Crippen LogP contribution is 2.40. The number of rotatable bonds is 2. The second-order valence-corrected chi connectivity index (χ2v) is 4.33. The molecule has 2 atom stereocenters. The number of hydrogen-bond acceptors (Lipinski definition) is 2. The van der Waals surface area contributed by atoms with Crippen molar-refractivity contribution in [2.45, 2.75) is 25.7 Å². The molecular formula is C11H19NO. The van der Waals surface area contributed by atoms with Crippen LogP contribution in [0.3, 0.4) is 0 Å². The molecule has 74 valence electrons. The molecule has 1 heterocycles. The summed E-state index contributed by atoms with van der Waals surface area (Å²) in [6.07, 6.45) is 9.70. The third-order valence-electron chi connectivity index (χ3n) is 3.58. The molecular weight excluding hydrogens is 162 g/mol. The molecule has 2 N–H and O–H groups in total. The smallest absolute Gasteiger partial charge is 0.0541 e. The summed E-state index contributed by atoms with van der Waals surface area (Å²) in [5.41, 5.74) is 6.16. The Kier molecular flexibility index (Phi) is 2.70. The lowest BCUT2D eigenvalue weighted by molar-refractivity contribution is 0.123. The zero-order valence-electron chi connectivity index (χ0n) is 8.17. The minimum Gasteiger partial charge on any atom is -0.381 e. The van der Waals surface area contributed by atoms with Gasteiger partial charge in [0, 0.05) is 18.6 Å². The summed E-state index contributed by atoms with van der Waals surface area (Å²) in [7, 11) is 0. The predicted octanol–water partition coefficient (Wildman–Crippen LogP) is 1.71. The maximum absolute atomic E-state index is 5.89. The predicted molar refractivity (Wildman–Crippen MR) is 53.4 cm³/mol. The van der Waals surface area contributed by atoms with Gasteiger partial charge in [0.15, 0.2) is 0 Å². The molecule has 2 heteroatoms. The van der Waals surface area contributed by atoms with E-state index in [9.17, 15) is 0 Å². The van der Waals surface area contributed by atoms with Gasteiger partial charge in [-0.2, -0.15) is 0 Å². The Hall–Kier alpha value is -0.340. The van der Waals surface area contributed by atoms with Gasteiger partial charge in [0.2, 0.25) is 0 Å². The fourth-order valence-electron chi connectivity index (χ4n) is 2.55. The number of allylic oxidation sites excluding steroid dienone is 2. The van der Waals surface area contributed by atoms with E-state index in [2.05, 4.69) is 12.2 Å². The molecule has 0 aromatic rings. The summed E-state index contributed by atoms with van der Waals surface area (Å²) in [4.78, 5) is 0. The molecule has 0 amide bonds. The Balaban J connectivity index is 2.10. The van der Waals surface area contributed by atoms with Crippen LogP contribution in [0, 0.1) is 11.3 Å². The lowest BCUT2D eigenvalue weighted by atomic mass is 9.71. The van der Waals surface area contributed by atoms with E-state index >= 15 is 0 Å². The van der Waals surface area contributed by atoms with Gasteiger partial charge in [0.1, 0.15) is 0 Å².